The first-order valence-corrected chi connectivity index (χ1v) is 10.0. The molecule has 1 aliphatic rings. The quantitative estimate of drug-likeness (QED) is 0.757. The normalized spacial score (nSPS) is 18.5. The van der Waals surface area contributed by atoms with Crippen molar-refractivity contribution in [1.82, 2.24) is 16.0 Å². The smallest absolute Gasteiger partial charge is 0.275 e. The molecule has 1 fully saturated rings. The molecule has 0 saturated carbocycles. The van der Waals surface area contributed by atoms with E-state index < -0.39 is 27.6 Å². The SMILES string of the molecule is Cc1onc(-c2ccccc2Cl)c1C(=O)NNC(=O)[C@H]1CCS(=O)(=O)C1. The average Bonchev–Trinajstić information content (AvgIpc) is 3.15. The minimum Gasteiger partial charge on any atom is -0.360 e. The number of hydrazine groups is 1. The monoisotopic (exact) mass is 397 g/mol. The van der Waals surface area contributed by atoms with Crippen LogP contribution >= 0.6 is 11.6 Å². The van der Waals surface area contributed by atoms with E-state index in [4.69, 9.17) is 16.1 Å². The first-order chi connectivity index (χ1) is 12.3. The molecule has 1 aromatic carbocycles. The third kappa shape index (κ3) is 3.73. The molecule has 1 atom stereocenters. The molecule has 2 heterocycles. The van der Waals surface area contributed by atoms with Crippen molar-refractivity contribution in [1.29, 1.82) is 0 Å². The Balaban J connectivity index is 1.74. The van der Waals surface area contributed by atoms with E-state index in [1.807, 2.05) is 0 Å². The topological polar surface area (TPSA) is 118 Å². The summed E-state index contributed by atoms with van der Waals surface area (Å²) in [5, 5.41) is 4.28. The van der Waals surface area contributed by atoms with E-state index in [0.29, 0.717) is 10.6 Å². The van der Waals surface area contributed by atoms with Crippen LogP contribution in [-0.2, 0) is 14.6 Å². The summed E-state index contributed by atoms with van der Waals surface area (Å²) in [7, 11) is -3.19. The molecule has 0 bridgehead atoms. The van der Waals surface area contributed by atoms with Crippen molar-refractivity contribution < 1.29 is 22.5 Å². The lowest BCUT2D eigenvalue weighted by Crippen LogP contribution is -2.45. The van der Waals surface area contributed by atoms with Crippen LogP contribution in [0, 0.1) is 12.8 Å². The molecule has 1 aliphatic heterocycles. The number of hydrogen-bond acceptors (Lipinski definition) is 6. The lowest BCUT2D eigenvalue weighted by molar-refractivity contribution is -0.125. The molecule has 1 aromatic heterocycles. The Morgan fingerprint density at radius 3 is 2.65 bits per heavy atom. The number of carbonyl (C=O) groups excluding carboxylic acids is 2. The second-order valence-electron chi connectivity index (χ2n) is 5.99. The van der Waals surface area contributed by atoms with Gasteiger partial charge >= 0.3 is 0 Å². The van der Waals surface area contributed by atoms with Gasteiger partial charge in [0, 0.05) is 5.56 Å². The van der Waals surface area contributed by atoms with Gasteiger partial charge in [-0.2, -0.15) is 0 Å². The summed E-state index contributed by atoms with van der Waals surface area (Å²) >= 11 is 6.15. The number of sulfone groups is 1. The summed E-state index contributed by atoms with van der Waals surface area (Å²) in [5.41, 5.74) is 5.46. The van der Waals surface area contributed by atoms with Gasteiger partial charge in [-0.3, -0.25) is 20.4 Å². The molecule has 10 heteroatoms. The van der Waals surface area contributed by atoms with Crippen molar-refractivity contribution in [2.24, 2.45) is 5.92 Å². The largest absolute Gasteiger partial charge is 0.360 e. The molecule has 8 nitrogen and oxygen atoms in total. The predicted octanol–water partition coefficient (Wildman–Crippen LogP) is 1.50. The van der Waals surface area contributed by atoms with Crippen molar-refractivity contribution in [2.45, 2.75) is 13.3 Å². The third-order valence-corrected chi connectivity index (χ3v) is 6.22. The van der Waals surface area contributed by atoms with Gasteiger partial charge in [0.05, 0.1) is 22.4 Å². The highest BCUT2D eigenvalue weighted by Crippen LogP contribution is 2.30. The number of nitrogens with one attached hydrogen (secondary N) is 2. The first kappa shape index (κ1) is 18.4. The lowest BCUT2D eigenvalue weighted by atomic mass is 10.1. The van der Waals surface area contributed by atoms with Gasteiger partial charge in [-0.05, 0) is 19.4 Å². The molecular weight excluding hydrogens is 382 g/mol. The number of benzene rings is 1. The number of amides is 2. The van der Waals surface area contributed by atoms with Crippen molar-refractivity contribution in [3.63, 3.8) is 0 Å². The fraction of sp³-hybridized carbons (Fsp3) is 0.312. The summed E-state index contributed by atoms with van der Waals surface area (Å²) < 4.78 is 28.0. The van der Waals surface area contributed by atoms with Gasteiger partial charge in [0.15, 0.2) is 9.84 Å². The fourth-order valence-corrected chi connectivity index (χ4v) is 4.73. The van der Waals surface area contributed by atoms with E-state index >= 15 is 0 Å². The zero-order valence-electron chi connectivity index (χ0n) is 13.8. The molecular formula is C16H16ClN3O5S. The molecule has 138 valence electrons. The summed E-state index contributed by atoms with van der Waals surface area (Å²) in [4.78, 5) is 24.5. The zero-order chi connectivity index (χ0) is 18.9. The molecule has 3 rings (SSSR count). The standard InChI is InChI=1S/C16H16ClN3O5S/c1-9-13(14(20-25-9)11-4-2-3-5-12(11)17)16(22)19-18-15(21)10-6-7-26(23,24)8-10/h2-5,10H,6-8H2,1H3,(H,18,21)(H,19,22)/t10-/m0/s1. The number of halogens is 1. The first-order valence-electron chi connectivity index (χ1n) is 7.80. The Bertz CT molecular complexity index is 970. The molecule has 0 spiro atoms. The van der Waals surface area contributed by atoms with Crippen LogP contribution in [-0.4, -0.2) is 36.9 Å². The summed E-state index contributed by atoms with van der Waals surface area (Å²) in [5.74, 6) is -1.84. The molecule has 2 amide bonds. The van der Waals surface area contributed by atoms with E-state index in [1.54, 1.807) is 31.2 Å². The Morgan fingerprint density at radius 1 is 1.27 bits per heavy atom. The van der Waals surface area contributed by atoms with Gasteiger partial charge in [0.2, 0.25) is 5.91 Å². The van der Waals surface area contributed by atoms with Gasteiger partial charge in [0.25, 0.3) is 5.91 Å². The highest BCUT2D eigenvalue weighted by atomic mass is 35.5. The number of rotatable bonds is 3. The maximum atomic E-state index is 12.5. The molecule has 0 aliphatic carbocycles. The van der Waals surface area contributed by atoms with Crippen molar-refractivity contribution in [2.75, 3.05) is 11.5 Å². The van der Waals surface area contributed by atoms with Crippen LogP contribution in [0.4, 0.5) is 0 Å². The van der Waals surface area contributed by atoms with Crippen molar-refractivity contribution in [3.05, 3.63) is 40.6 Å². The van der Waals surface area contributed by atoms with E-state index in [1.165, 1.54) is 0 Å². The second kappa shape index (κ2) is 7.08. The third-order valence-electron chi connectivity index (χ3n) is 4.12. The molecule has 2 aromatic rings. The number of carbonyl (C=O) groups is 2. The number of aromatic nitrogens is 1. The van der Waals surface area contributed by atoms with E-state index in [2.05, 4.69) is 16.0 Å². The van der Waals surface area contributed by atoms with E-state index in [0.717, 1.165) is 0 Å². The Hall–Kier alpha value is -2.39. The van der Waals surface area contributed by atoms with E-state index in [-0.39, 0.29) is 34.9 Å². The van der Waals surface area contributed by atoms with Crippen molar-refractivity contribution in [3.8, 4) is 11.3 Å². The van der Waals surface area contributed by atoms with Gasteiger partial charge in [-0.1, -0.05) is 35.0 Å². The number of nitrogens with zero attached hydrogens (tertiary/aromatic N) is 1. The maximum Gasteiger partial charge on any atom is 0.275 e. The minimum absolute atomic E-state index is 0.0273. The van der Waals surface area contributed by atoms with Crippen LogP contribution in [0.5, 0.6) is 0 Å². The van der Waals surface area contributed by atoms with Crippen LogP contribution < -0.4 is 10.9 Å². The second-order valence-corrected chi connectivity index (χ2v) is 8.62. The van der Waals surface area contributed by atoms with Crippen LogP contribution in [0.1, 0.15) is 22.5 Å². The highest BCUT2D eigenvalue weighted by Gasteiger charge is 2.33. The summed E-state index contributed by atoms with van der Waals surface area (Å²) in [6.07, 6.45) is 0.237. The number of hydrogen-bond donors (Lipinski definition) is 2. The molecule has 1 saturated heterocycles. The molecule has 0 unspecified atom stereocenters. The Morgan fingerprint density at radius 2 is 2.00 bits per heavy atom. The fourth-order valence-electron chi connectivity index (χ4n) is 2.76. The van der Waals surface area contributed by atoms with Gasteiger partial charge in [-0.15, -0.1) is 0 Å². The summed E-state index contributed by atoms with van der Waals surface area (Å²) in [6.45, 7) is 1.56. The minimum atomic E-state index is -3.19. The van der Waals surface area contributed by atoms with Crippen LogP contribution in [0.15, 0.2) is 28.8 Å². The van der Waals surface area contributed by atoms with Crippen LogP contribution in [0.2, 0.25) is 5.02 Å². The van der Waals surface area contributed by atoms with E-state index in [9.17, 15) is 18.0 Å². The zero-order valence-corrected chi connectivity index (χ0v) is 15.4. The lowest BCUT2D eigenvalue weighted by Gasteiger charge is -2.11. The summed E-state index contributed by atoms with van der Waals surface area (Å²) in [6, 6.07) is 6.84. The maximum absolute atomic E-state index is 12.5. The number of aryl methyl sites for hydroxylation is 1. The van der Waals surface area contributed by atoms with Crippen molar-refractivity contribution >= 4 is 33.3 Å². The van der Waals surface area contributed by atoms with Gasteiger partial charge in [0.1, 0.15) is 17.0 Å². The van der Waals surface area contributed by atoms with Crippen LogP contribution in [0.25, 0.3) is 11.3 Å². The predicted molar refractivity (Wildman–Crippen MR) is 94.1 cm³/mol. The van der Waals surface area contributed by atoms with Gasteiger partial charge < -0.3 is 4.52 Å². The molecule has 0 radical (unpaired) electrons. The Labute approximate surface area is 154 Å². The van der Waals surface area contributed by atoms with Crippen LogP contribution in [0.3, 0.4) is 0 Å². The Kier molecular flexibility index (Phi) is 5.01. The highest BCUT2D eigenvalue weighted by molar-refractivity contribution is 7.91. The van der Waals surface area contributed by atoms with Gasteiger partial charge in [-0.25, -0.2) is 8.42 Å². The average molecular weight is 398 g/mol. The molecule has 2 N–H and O–H groups in total. The molecule has 26 heavy (non-hydrogen) atoms.